The van der Waals surface area contributed by atoms with Crippen LogP contribution in [0.25, 0.3) is 22.4 Å². The van der Waals surface area contributed by atoms with Crippen molar-refractivity contribution in [2.75, 3.05) is 0 Å². The Kier molecular flexibility index (Phi) is 4.61. The number of benzene rings is 3. The number of aliphatic imine (C=N–C) groups is 1. The Balaban J connectivity index is 1.73. The topological polar surface area (TPSA) is 69.3 Å². The number of hydrogen-bond acceptors (Lipinski definition) is 4. The predicted octanol–water partition coefficient (Wildman–Crippen LogP) is 6.40. The van der Waals surface area contributed by atoms with E-state index in [9.17, 15) is 10.4 Å². The molecule has 0 saturated carbocycles. The molecule has 2 heterocycles. The van der Waals surface area contributed by atoms with Crippen molar-refractivity contribution in [3.63, 3.8) is 0 Å². The van der Waals surface area contributed by atoms with Gasteiger partial charge in [0.1, 0.15) is 5.75 Å². The van der Waals surface area contributed by atoms with E-state index in [1.807, 2.05) is 60.7 Å². The third-order valence-electron chi connectivity index (χ3n) is 6.02. The number of phenolic OH excluding ortho intramolecular Hbond substituents is 1. The molecule has 4 aromatic rings. The Bertz CT molecular complexity index is 1410. The molecule has 4 heteroatoms. The molecule has 0 radical (unpaired) electrons. The molecule has 1 N–H and O–H groups in total. The molecule has 3 aromatic carbocycles. The van der Waals surface area contributed by atoms with Crippen molar-refractivity contribution < 1.29 is 5.11 Å². The summed E-state index contributed by atoms with van der Waals surface area (Å²) in [6, 6.07) is 27.4. The zero-order chi connectivity index (χ0) is 22.3. The van der Waals surface area contributed by atoms with E-state index < -0.39 is 5.41 Å². The van der Waals surface area contributed by atoms with E-state index in [1.54, 1.807) is 18.3 Å². The summed E-state index contributed by atoms with van der Waals surface area (Å²) in [5.41, 5.74) is 7.21. The molecular formula is C28H21N3O. The monoisotopic (exact) mass is 415 g/mol. The number of nitrogens with zero attached hydrogens (tertiary/aromatic N) is 3. The van der Waals surface area contributed by atoms with Crippen LogP contribution in [0.1, 0.15) is 30.5 Å². The molecule has 1 aliphatic heterocycles. The van der Waals surface area contributed by atoms with Gasteiger partial charge in [0, 0.05) is 28.3 Å². The van der Waals surface area contributed by atoms with Crippen LogP contribution in [0, 0.1) is 11.3 Å². The van der Waals surface area contributed by atoms with Crippen LogP contribution in [0.4, 0.5) is 5.69 Å². The minimum absolute atomic E-state index is 0.200. The van der Waals surface area contributed by atoms with Gasteiger partial charge in [-0.05, 0) is 53.6 Å². The molecule has 0 amide bonds. The van der Waals surface area contributed by atoms with Crippen LogP contribution in [-0.2, 0) is 5.41 Å². The van der Waals surface area contributed by atoms with Gasteiger partial charge in [-0.3, -0.25) is 9.98 Å². The highest BCUT2D eigenvalue weighted by molar-refractivity contribution is 6.15. The molecule has 1 aliphatic rings. The third kappa shape index (κ3) is 3.16. The lowest BCUT2D eigenvalue weighted by Crippen LogP contribution is -2.26. The summed E-state index contributed by atoms with van der Waals surface area (Å²) in [4.78, 5) is 9.49. The van der Waals surface area contributed by atoms with Gasteiger partial charge in [-0.2, -0.15) is 5.26 Å². The van der Waals surface area contributed by atoms with Crippen LogP contribution < -0.4 is 0 Å². The first-order valence-electron chi connectivity index (χ1n) is 10.5. The molecule has 4 nitrogen and oxygen atoms in total. The molecule has 0 saturated heterocycles. The first kappa shape index (κ1) is 19.7. The number of nitriles is 1. The minimum Gasteiger partial charge on any atom is -0.507 e. The van der Waals surface area contributed by atoms with E-state index in [0.717, 1.165) is 39.3 Å². The summed E-state index contributed by atoms with van der Waals surface area (Å²) in [5, 5.41) is 20.2. The third-order valence-corrected chi connectivity index (χ3v) is 6.02. The van der Waals surface area contributed by atoms with Gasteiger partial charge in [-0.25, -0.2) is 0 Å². The van der Waals surface area contributed by atoms with Crippen LogP contribution in [-0.4, -0.2) is 15.8 Å². The molecular weight excluding hydrogens is 394 g/mol. The Morgan fingerprint density at radius 1 is 0.844 bits per heavy atom. The first-order valence-corrected chi connectivity index (χ1v) is 10.5. The molecule has 154 valence electrons. The second-order valence-corrected chi connectivity index (χ2v) is 8.43. The Hall–Kier alpha value is -4.23. The summed E-state index contributed by atoms with van der Waals surface area (Å²) >= 11 is 0. The molecule has 0 unspecified atom stereocenters. The number of hydrogen-bond donors (Lipinski definition) is 1. The highest BCUT2D eigenvalue weighted by atomic mass is 16.3. The summed E-state index contributed by atoms with van der Waals surface area (Å²) in [7, 11) is 0. The minimum atomic E-state index is -0.464. The SMILES string of the molecule is CC1(C)C(c2ccccc2O)=Nc2c(-c3cccc(-c4ccccn4)c3)cc(C#N)cc21. The van der Waals surface area contributed by atoms with Gasteiger partial charge in [-0.1, -0.05) is 50.2 Å². The van der Waals surface area contributed by atoms with Gasteiger partial charge >= 0.3 is 0 Å². The number of pyridine rings is 1. The second-order valence-electron chi connectivity index (χ2n) is 8.43. The maximum absolute atomic E-state index is 10.5. The van der Waals surface area contributed by atoms with Crippen LogP contribution in [0.15, 0.2) is 90.1 Å². The van der Waals surface area contributed by atoms with Gasteiger partial charge in [0.05, 0.1) is 28.7 Å². The van der Waals surface area contributed by atoms with E-state index in [-0.39, 0.29) is 5.75 Å². The van der Waals surface area contributed by atoms with Crippen molar-refractivity contribution in [3.05, 3.63) is 102 Å². The predicted molar refractivity (Wildman–Crippen MR) is 127 cm³/mol. The van der Waals surface area contributed by atoms with Crippen molar-refractivity contribution in [2.24, 2.45) is 4.99 Å². The number of aromatic hydroxyl groups is 1. The molecule has 32 heavy (non-hydrogen) atoms. The van der Waals surface area contributed by atoms with Crippen LogP contribution >= 0.6 is 0 Å². The molecule has 0 bridgehead atoms. The normalized spacial score (nSPS) is 13.8. The number of fused-ring (bicyclic) bond motifs is 1. The van der Waals surface area contributed by atoms with Gasteiger partial charge in [0.15, 0.2) is 0 Å². The molecule has 0 atom stereocenters. The lowest BCUT2D eigenvalue weighted by molar-refractivity contribution is 0.473. The van der Waals surface area contributed by atoms with Gasteiger partial charge in [0.25, 0.3) is 0 Å². The van der Waals surface area contributed by atoms with E-state index >= 15 is 0 Å². The number of rotatable bonds is 3. The summed E-state index contributed by atoms with van der Waals surface area (Å²) < 4.78 is 0. The van der Waals surface area contributed by atoms with Crippen molar-refractivity contribution in [3.8, 4) is 34.2 Å². The Morgan fingerprint density at radius 2 is 1.62 bits per heavy atom. The lowest BCUT2D eigenvalue weighted by Gasteiger charge is -2.23. The maximum atomic E-state index is 10.5. The Morgan fingerprint density at radius 3 is 2.38 bits per heavy atom. The average Bonchev–Trinajstić information content (AvgIpc) is 3.09. The summed E-state index contributed by atoms with van der Waals surface area (Å²) in [6.45, 7) is 4.17. The van der Waals surface area contributed by atoms with Crippen LogP contribution in [0.5, 0.6) is 5.75 Å². The molecule has 5 rings (SSSR count). The smallest absolute Gasteiger partial charge is 0.124 e. The van der Waals surface area contributed by atoms with Crippen molar-refractivity contribution >= 4 is 11.4 Å². The van der Waals surface area contributed by atoms with Crippen molar-refractivity contribution in [2.45, 2.75) is 19.3 Å². The number of aromatic nitrogens is 1. The van der Waals surface area contributed by atoms with Gasteiger partial charge < -0.3 is 5.11 Å². The number of phenols is 1. The fourth-order valence-electron chi connectivity index (χ4n) is 4.35. The standard InChI is InChI=1S/C28H21N3O/c1-28(2)23-15-18(17-29)14-22(26(23)31-27(28)21-10-3-4-12-25(21)32)19-8-7-9-20(16-19)24-11-5-6-13-30-24/h3-16,32H,1-2H3. The highest BCUT2D eigenvalue weighted by Gasteiger charge is 2.38. The second kappa shape index (κ2) is 7.47. The fourth-order valence-corrected chi connectivity index (χ4v) is 4.35. The van der Waals surface area contributed by atoms with E-state index in [4.69, 9.17) is 4.99 Å². The van der Waals surface area contributed by atoms with Crippen molar-refractivity contribution in [1.82, 2.24) is 4.98 Å². The quantitative estimate of drug-likeness (QED) is 0.421. The van der Waals surface area contributed by atoms with E-state index in [2.05, 4.69) is 31.0 Å². The van der Waals surface area contributed by atoms with E-state index in [1.165, 1.54) is 0 Å². The summed E-state index contributed by atoms with van der Waals surface area (Å²) in [5.74, 6) is 0.200. The first-order chi connectivity index (χ1) is 15.5. The Labute approximate surface area is 187 Å². The van der Waals surface area contributed by atoms with Crippen molar-refractivity contribution in [1.29, 1.82) is 5.26 Å². The lowest BCUT2D eigenvalue weighted by atomic mass is 9.77. The van der Waals surface area contributed by atoms with Gasteiger partial charge in [-0.15, -0.1) is 0 Å². The largest absolute Gasteiger partial charge is 0.507 e. The fraction of sp³-hybridized carbons (Fsp3) is 0.107. The maximum Gasteiger partial charge on any atom is 0.124 e. The van der Waals surface area contributed by atoms with Gasteiger partial charge in [0.2, 0.25) is 0 Å². The van der Waals surface area contributed by atoms with Crippen LogP contribution in [0.3, 0.4) is 0 Å². The summed E-state index contributed by atoms with van der Waals surface area (Å²) in [6.07, 6.45) is 1.78. The average molecular weight is 415 g/mol. The van der Waals surface area contributed by atoms with Crippen LogP contribution in [0.2, 0.25) is 0 Å². The number of para-hydroxylation sites is 1. The molecule has 1 aromatic heterocycles. The molecule has 0 fully saturated rings. The molecule has 0 aliphatic carbocycles. The zero-order valence-electron chi connectivity index (χ0n) is 17.9. The highest BCUT2D eigenvalue weighted by Crippen LogP contribution is 2.48. The zero-order valence-corrected chi connectivity index (χ0v) is 17.9. The van der Waals surface area contributed by atoms with E-state index in [0.29, 0.717) is 11.1 Å². The molecule has 0 spiro atoms.